The van der Waals surface area contributed by atoms with Crippen LogP contribution in [0.2, 0.25) is 0 Å². The number of methoxy groups -OCH3 is 1. The number of hydrogen-bond acceptors (Lipinski definition) is 4. The Labute approximate surface area is 156 Å². The Balaban J connectivity index is 1.72. The van der Waals surface area contributed by atoms with Gasteiger partial charge in [-0.25, -0.2) is 0 Å². The summed E-state index contributed by atoms with van der Waals surface area (Å²) in [7, 11) is 1.62. The molecule has 0 fully saturated rings. The molecule has 0 aliphatic carbocycles. The Hall–Kier alpha value is -2.93. The molecule has 3 aromatic rings. The highest BCUT2D eigenvalue weighted by Gasteiger charge is 2.11. The molecule has 2 N–H and O–H groups in total. The number of hydrogen-bond donors (Lipinski definition) is 2. The molecule has 0 unspecified atom stereocenters. The Kier molecular flexibility index (Phi) is 5.48. The summed E-state index contributed by atoms with van der Waals surface area (Å²) in [6.45, 7) is 2.40. The number of nitrogens with one attached hydrogen (secondary N) is 2. The maximum absolute atomic E-state index is 12.3. The van der Waals surface area contributed by atoms with E-state index in [2.05, 4.69) is 15.5 Å². The van der Waals surface area contributed by atoms with E-state index in [0.717, 1.165) is 22.6 Å². The molecule has 3 rings (SSSR count). The van der Waals surface area contributed by atoms with Gasteiger partial charge in [0, 0.05) is 24.2 Å². The van der Waals surface area contributed by atoms with E-state index in [9.17, 15) is 4.79 Å². The fourth-order valence-electron chi connectivity index (χ4n) is 2.62. The summed E-state index contributed by atoms with van der Waals surface area (Å²) in [5.74, 6) is 1.40. The molecule has 7 heteroatoms. The quantitative estimate of drug-likeness (QED) is 0.646. The summed E-state index contributed by atoms with van der Waals surface area (Å²) in [5, 5.41) is 10.0. The van der Waals surface area contributed by atoms with Crippen LogP contribution in [0.4, 0.5) is 5.69 Å². The lowest BCUT2D eigenvalue weighted by molar-refractivity contribution is -0.116. The van der Waals surface area contributed by atoms with Crippen molar-refractivity contribution in [3.8, 4) is 17.1 Å². The number of carbonyl (C=O) groups excluding carboxylic acids is 1. The molecule has 0 aliphatic rings. The van der Waals surface area contributed by atoms with Crippen LogP contribution in [-0.2, 0) is 11.3 Å². The minimum Gasteiger partial charge on any atom is -0.497 e. The first kappa shape index (κ1) is 17.9. The fraction of sp³-hybridized carbons (Fsp3) is 0.211. The first-order valence-corrected chi connectivity index (χ1v) is 8.64. The molecular formula is C19H20N4O2S. The summed E-state index contributed by atoms with van der Waals surface area (Å²) in [5.41, 5.74) is 2.75. The van der Waals surface area contributed by atoms with Gasteiger partial charge in [-0.2, -0.15) is 5.10 Å². The highest BCUT2D eigenvalue weighted by atomic mass is 32.1. The second-order valence-electron chi connectivity index (χ2n) is 5.85. The van der Waals surface area contributed by atoms with Gasteiger partial charge in [0.25, 0.3) is 0 Å². The molecule has 0 saturated carbocycles. The van der Waals surface area contributed by atoms with Gasteiger partial charge in [0.05, 0.1) is 7.11 Å². The first-order chi connectivity index (χ1) is 12.6. The third-order valence-electron chi connectivity index (χ3n) is 4.09. The van der Waals surface area contributed by atoms with Gasteiger partial charge in [-0.3, -0.25) is 14.5 Å². The number of aromatic nitrogens is 3. The van der Waals surface area contributed by atoms with E-state index in [4.69, 9.17) is 17.0 Å². The highest BCUT2D eigenvalue weighted by molar-refractivity contribution is 7.71. The van der Waals surface area contributed by atoms with Crippen LogP contribution in [0.5, 0.6) is 5.75 Å². The molecule has 0 saturated heterocycles. The Bertz CT molecular complexity index is 960. The number of ether oxygens (including phenoxy) is 1. The SMILES string of the molecule is COc1ccc(-c2n[nH]c(=S)n2CCC(=O)Nc2ccccc2C)cc1. The molecule has 0 radical (unpaired) electrons. The number of H-pyrrole nitrogens is 1. The maximum Gasteiger partial charge on any atom is 0.226 e. The molecule has 0 spiro atoms. The number of nitrogens with zero attached hydrogens (tertiary/aromatic N) is 2. The van der Waals surface area contributed by atoms with Gasteiger partial charge in [-0.1, -0.05) is 18.2 Å². The van der Waals surface area contributed by atoms with Gasteiger partial charge in [0.2, 0.25) is 5.91 Å². The molecule has 1 aromatic heterocycles. The summed E-state index contributed by atoms with van der Waals surface area (Å²) in [6, 6.07) is 15.2. The first-order valence-electron chi connectivity index (χ1n) is 8.23. The third kappa shape index (κ3) is 4.00. The summed E-state index contributed by atoms with van der Waals surface area (Å²) < 4.78 is 7.49. The van der Waals surface area contributed by atoms with Crippen molar-refractivity contribution in [2.75, 3.05) is 12.4 Å². The lowest BCUT2D eigenvalue weighted by atomic mass is 10.2. The Morgan fingerprint density at radius 2 is 1.96 bits per heavy atom. The zero-order chi connectivity index (χ0) is 18.5. The predicted octanol–water partition coefficient (Wildman–Crippen LogP) is 3.95. The van der Waals surface area contributed by atoms with Crippen molar-refractivity contribution in [1.82, 2.24) is 14.8 Å². The zero-order valence-corrected chi connectivity index (χ0v) is 15.5. The number of anilines is 1. The van der Waals surface area contributed by atoms with Gasteiger partial charge < -0.3 is 10.1 Å². The van der Waals surface area contributed by atoms with Crippen molar-refractivity contribution in [2.45, 2.75) is 19.9 Å². The molecule has 2 aromatic carbocycles. The van der Waals surface area contributed by atoms with E-state index in [0.29, 0.717) is 23.6 Å². The van der Waals surface area contributed by atoms with Crippen LogP contribution in [0.15, 0.2) is 48.5 Å². The van der Waals surface area contributed by atoms with E-state index in [1.165, 1.54) is 0 Å². The van der Waals surface area contributed by atoms with Gasteiger partial charge in [-0.15, -0.1) is 0 Å². The van der Waals surface area contributed by atoms with Crippen molar-refractivity contribution in [2.24, 2.45) is 0 Å². The minimum absolute atomic E-state index is 0.0666. The van der Waals surface area contributed by atoms with E-state index in [1.54, 1.807) is 7.11 Å². The van der Waals surface area contributed by atoms with E-state index in [-0.39, 0.29) is 5.91 Å². The molecule has 0 atom stereocenters. The number of rotatable bonds is 6. The molecule has 1 heterocycles. The molecule has 134 valence electrons. The fourth-order valence-corrected chi connectivity index (χ4v) is 2.85. The average molecular weight is 368 g/mol. The topological polar surface area (TPSA) is 71.9 Å². The van der Waals surface area contributed by atoms with Gasteiger partial charge in [-0.05, 0) is 55.0 Å². The molecular weight excluding hydrogens is 348 g/mol. The number of benzene rings is 2. The van der Waals surface area contributed by atoms with Crippen molar-refractivity contribution in [3.63, 3.8) is 0 Å². The lowest BCUT2D eigenvalue weighted by Crippen LogP contribution is -2.15. The monoisotopic (exact) mass is 368 g/mol. The van der Waals surface area contributed by atoms with Crippen LogP contribution in [0.25, 0.3) is 11.4 Å². The Morgan fingerprint density at radius 3 is 2.65 bits per heavy atom. The standard InChI is InChI=1S/C19H20N4O2S/c1-13-5-3-4-6-16(13)20-17(24)11-12-23-18(21-22-19(23)26)14-7-9-15(25-2)10-8-14/h3-10H,11-12H2,1-2H3,(H,20,24)(H,22,26). The molecule has 1 amide bonds. The number of para-hydroxylation sites is 1. The molecule has 0 aliphatic heterocycles. The van der Waals surface area contributed by atoms with Crippen LogP contribution in [0.1, 0.15) is 12.0 Å². The van der Waals surface area contributed by atoms with Crippen molar-refractivity contribution in [1.29, 1.82) is 0 Å². The highest BCUT2D eigenvalue weighted by Crippen LogP contribution is 2.21. The number of carbonyl (C=O) groups is 1. The number of amides is 1. The average Bonchev–Trinajstić information content (AvgIpc) is 3.02. The van der Waals surface area contributed by atoms with E-state index in [1.807, 2.05) is 60.0 Å². The zero-order valence-electron chi connectivity index (χ0n) is 14.7. The second kappa shape index (κ2) is 7.97. The smallest absolute Gasteiger partial charge is 0.226 e. The number of aryl methyl sites for hydroxylation is 1. The van der Waals surface area contributed by atoms with Gasteiger partial charge >= 0.3 is 0 Å². The molecule has 26 heavy (non-hydrogen) atoms. The van der Waals surface area contributed by atoms with E-state index < -0.39 is 0 Å². The summed E-state index contributed by atoms with van der Waals surface area (Å²) in [4.78, 5) is 12.3. The molecule has 0 bridgehead atoms. The van der Waals surface area contributed by atoms with Crippen molar-refractivity contribution < 1.29 is 9.53 Å². The molecule has 6 nitrogen and oxygen atoms in total. The predicted molar refractivity (Wildman–Crippen MR) is 104 cm³/mol. The van der Waals surface area contributed by atoms with Crippen LogP contribution in [0.3, 0.4) is 0 Å². The van der Waals surface area contributed by atoms with Gasteiger partial charge in [0.15, 0.2) is 10.6 Å². The lowest BCUT2D eigenvalue weighted by Gasteiger charge is -2.10. The largest absolute Gasteiger partial charge is 0.497 e. The van der Waals surface area contributed by atoms with Crippen LogP contribution in [-0.4, -0.2) is 27.8 Å². The van der Waals surface area contributed by atoms with Crippen LogP contribution in [0, 0.1) is 11.7 Å². The number of aromatic amines is 1. The minimum atomic E-state index is -0.0666. The van der Waals surface area contributed by atoms with Crippen LogP contribution >= 0.6 is 12.2 Å². The Morgan fingerprint density at radius 1 is 1.23 bits per heavy atom. The summed E-state index contributed by atoms with van der Waals surface area (Å²) in [6.07, 6.45) is 0.297. The summed E-state index contributed by atoms with van der Waals surface area (Å²) >= 11 is 5.31. The normalized spacial score (nSPS) is 10.5. The van der Waals surface area contributed by atoms with Crippen molar-refractivity contribution >= 4 is 23.8 Å². The maximum atomic E-state index is 12.3. The van der Waals surface area contributed by atoms with Crippen LogP contribution < -0.4 is 10.1 Å². The van der Waals surface area contributed by atoms with Gasteiger partial charge in [0.1, 0.15) is 5.75 Å². The van der Waals surface area contributed by atoms with Crippen molar-refractivity contribution in [3.05, 3.63) is 58.9 Å². The third-order valence-corrected chi connectivity index (χ3v) is 4.40. The second-order valence-corrected chi connectivity index (χ2v) is 6.23. The van der Waals surface area contributed by atoms with E-state index >= 15 is 0 Å².